The van der Waals surface area contributed by atoms with Crippen LogP contribution in [0.3, 0.4) is 0 Å². The minimum atomic E-state index is -0.312. The van der Waals surface area contributed by atoms with Crippen molar-refractivity contribution in [3.8, 4) is 0 Å². The molecule has 0 heterocycles. The van der Waals surface area contributed by atoms with Crippen molar-refractivity contribution in [2.24, 2.45) is 5.73 Å². The summed E-state index contributed by atoms with van der Waals surface area (Å²) in [7, 11) is 0. The third kappa shape index (κ3) is 7.99. The van der Waals surface area contributed by atoms with E-state index in [0.29, 0.717) is 18.1 Å². The summed E-state index contributed by atoms with van der Waals surface area (Å²) < 4.78 is 4.56. The molecule has 0 aliphatic heterocycles. The normalized spacial score (nSPS) is 11.9. The second-order valence-electron chi connectivity index (χ2n) is 6.07. The lowest BCUT2D eigenvalue weighted by atomic mass is 9.80. The van der Waals surface area contributed by atoms with Crippen LogP contribution in [0.2, 0.25) is 0 Å². The molecule has 0 aliphatic carbocycles. The van der Waals surface area contributed by atoms with Gasteiger partial charge in [0.1, 0.15) is 0 Å². The van der Waals surface area contributed by atoms with Crippen LogP contribution in [-0.2, 0) is 9.53 Å². The summed E-state index contributed by atoms with van der Waals surface area (Å²) in [5.74, 6) is 0.154. The van der Waals surface area contributed by atoms with E-state index in [1.165, 1.54) is 12.0 Å². The van der Waals surface area contributed by atoms with Crippen molar-refractivity contribution in [2.45, 2.75) is 58.9 Å². The summed E-state index contributed by atoms with van der Waals surface area (Å²) >= 11 is 0. The minimum Gasteiger partial charge on any atom is -0.463 e. The molecule has 3 nitrogen and oxygen atoms in total. The van der Waals surface area contributed by atoms with Crippen molar-refractivity contribution in [3.05, 3.63) is 48.0 Å². The van der Waals surface area contributed by atoms with Gasteiger partial charge in [0.2, 0.25) is 0 Å². The highest BCUT2D eigenvalue weighted by Crippen LogP contribution is 2.30. The van der Waals surface area contributed by atoms with Gasteiger partial charge < -0.3 is 10.5 Å². The van der Waals surface area contributed by atoms with Crippen molar-refractivity contribution in [3.63, 3.8) is 0 Å². The van der Waals surface area contributed by atoms with E-state index in [2.05, 4.69) is 62.4 Å². The molecular formula is C19H31NO2. The predicted octanol–water partition coefficient (Wildman–Crippen LogP) is 4.43. The topological polar surface area (TPSA) is 52.3 Å². The highest BCUT2D eigenvalue weighted by Gasteiger charge is 2.25. The molecule has 1 aromatic rings. The van der Waals surface area contributed by atoms with Gasteiger partial charge in [-0.2, -0.15) is 0 Å². The fourth-order valence-electron chi connectivity index (χ4n) is 2.20. The number of carbonyl (C=O) groups is 1. The maximum absolute atomic E-state index is 10.4. The smallest absolute Gasteiger partial charge is 0.333 e. The summed E-state index contributed by atoms with van der Waals surface area (Å²) in [6.45, 7) is 13.6. The van der Waals surface area contributed by atoms with E-state index >= 15 is 0 Å². The highest BCUT2D eigenvalue weighted by molar-refractivity contribution is 5.86. The van der Waals surface area contributed by atoms with Crippen LogP contribution in [0.15, 0.2) is 42.5 Å². The van der Waals surface area contributed by atoms with Crippen LogP contribution in [0.1, 0.15) is 58.9 Å². The van der Waals surface area contributed by atoms with E-state index in [9.17, 15) is 4.79 Å². The molecular weight excluding hydrogens is 274 g/mol. The Morgan fingerprint density at radius 2 is 1.82 bits per heavy atom. The van der Waals surface area contributed by atoms with Crippen LogP contribution < -0.4 is 5.73 Å². The number of rotatable bonds is 6. The molecule has 1 aromatic carbocycles. The van der Waals surface area contributed by atoms with Gasteiger partial charge in [-0.1, -0.05) is 50.3 Å². The lowest BCUT2D eigenvalue weighted by Crippen LogP contribution is -2.39. The SMILES string of the molecule is C=C(C)C(=O)OCC.CCCC(c1ccccc1)C(C)(C)N. The standard InChI is InChI=1S/C13H21N.C6H10O2/c1-4-8-12(13(2,3)14)11-9-6-5-7-10-11;1-4-8-6(7)5(2)3/h5-7,9-10,12H,4,8,14H2,1-3H3;2,4H2,1,3H3. The zero-order valence-electron chi connectivity index (χ0n) is 14.7. The molecule has 2 N–H and O–H groups in total. The molecule has 0 aliphatic rings. The minimum absolute atomic E-state index is 0.128. The van der Waals surface area contributed by atoms with E-state index in [0.717, 1.165) is 6.42 Å². The molecule has 0 amide bonds. The van der Waals surface area contributed by atoms with Crippen molar-refractivity contribution >= 4 is 5.97 Å². The number of nitrogens with two attached hydrogens (primary N) is 1. The van der Waals surface area contributed by atoms with Crippen LogP contribution in [0.4, 0.5) is 0 Å². The molecule has 3 heteroatoms. The summed E-state index contributed by atoms with van der Waals surface area (Å²) in [6.07, 6.45) is 2.34. The van der Waals surface area contributed by atoms with Gasteiger partial charge in [-0.25, -0.2) is 4.79 Å². The Bertz CT molecular complexity index is 446. The summed E-state index contributed by atoms with van der Waals surface area (Å²) in [5, 5.41) is 0. The number of esters is 1. The zero-order chi connectivity index (χ0) is 17.2. The van der Waals surface area contributed by atoms with E-state index in [1.807, 2.05) is 0 Å². The number of benzene rings is 1. The van der Waals surface area contributed by atoms with Crippen molar-refractivity contribution in [2.75, 3.05) is 6.61 Å². The average molecular weight is 305 g/mol. The third-order valence-corrected chi connectivity index (χ3v) is 3.30. The number of hydrogen-bond acceptors (Lipinski definition) is 3. The first-order chi connectivity index (χ1) is 10.2. The third-order valence-electron chi connectivity index (χ3n) is 3.30. The Labute approximate surface area is 135 Å². The predicted molar refractivity (Wildman–Crippen MR) is 93.8 cm³/mol. The van der Waals surface area contributed by atoms with Gasteiger partial charge >= 0.3 is 5.97 Å². The molecule has 0 aromatic heterocycles. The number of ether oxygens (including phenoxy) is 1. The fourth-order valence-corrected chi connectivity index (χ4v) is 2.20. The van der Waals surface area contributed by atoms with Gasteiger partial charge in [-0.15, -0.1) is 0 Å². The summed E-state index contributed by atoms with van der Waals surface area (Å²) in [5.41, 5.74) is 7.88. The quantitative estimate of drug-likeness (QED) is 0.624. The molecule has 124 valence electrons. The van der Waals surface area contributed by atoms with Gasteiger partial charge in [0.25, 0.3) is 0 Å². The molecule has 0 saturated carbocycles. The lowest BCUT2D eigenvalue weighted by Gasteiger charge is -2.30. The first-order valence-corrected chi connectivity index (χ1v) is 7.90. The van der Waals surface area contributed by atoms with E-state index in [4.69, 9.17) is 5.73 Å². The van der Waals surface area contributed by atoms with E-state index < -0.39 is 0 Å². The van der Waals surface area contributed by atoms with Gasteiger partial charge in [-0.3, -0.25) is 0 Å². The number of carbonyl (C=O) groups excluding carboxylic acids is 1. The number of hydrogen-bond donors (Lipinski definition) is 1. The van der Waals surface area contributed by atoms with Gasteiger partial charge in [0.05, 0.1) is 6.61 Å². The van der Waals surface area contributed by atoms with Crippen molar-refractivity contribution < 1.29 is 9.53 Å². The van der Waals surface area contributed by atoms with E-state index in [-0.39, 0.29) is 11.5 Å². The zero-order valence-corrected chi connectivity index (χ0v) is 14.7. The molecule has 22 heavy (non-hydrogen) atoms. The van der Waals surface area contributed by atoms with Crippen molar-refractivity contribution in [1.82, 2.24) is 0 Å². The second-order valence-corrected chi connectivity index (χ2v) is 6.07. The average Bonchev–Trinajstić information content (AvgIpc) is 2.45. The molecule has 1 rings (SSSR count). The van der Waals surface area contributed by atoms with Crippen LogP contribution in [-0.4, -0.2) is 18.1 Å². The van der Waals surface area contributed by atoms with Gasteiger partial charge in [0, 0.05) is 17.0 Å². The fraction of sp³-hybridized carbons (Fsp3) is 0.526. The Balaban J connectivity index is 0.000000472. The Morgan fingerprint density at radius 1 is 1.27 bits per heavy atom. The van der Waals surface area contributed by atoms with E-state index in [1.54, 1.807) is 13.8 Å². The molecule has 1 unspecified atom stereocenters. The first-order valence-electron chi connectivity index (χ1n) is 7.90. The van der Waals surface area contributed by atoms with Crippen LogP contribution in [0.25, 0.3) is 0 Å². The van der Waals surface area contributed by atoms with Crippen LogP contribution >= 0.6 is 0 Å². The molecule has 0 saturated heterocycles. The summed E-state index contributed by atoms with van der Waals surface area (Å²) in [4.78, 5) is 10.4. The maximum Gasteiger partial charge on any atom is 0.333 e. The molecule has 0 fully saturated rings. The molecule has 0 spiro atoms. The first kappa shape index (κ1) is 20.4. The maximum atomic E-state index is 10.4. The molecule has 0 bridgehead atoms. The van der Waals surface area contributed by atoms with Gasteiger partial charge in [0.15, 0.2) is 0 Å². The highest BCUT2D eigenvalue weighted by atomic mass is 16.5. The second kappa shape index (κ2) is 10.2. The Morgan fingerprint density at radius 3 is 2.14 bits per heavy atom. The monoisotopic (exact) mass is 305 g/mol. The Kier molecular flexibility index (Phi) is 9.43. The molecule has 1 atom stereocenters. The van der Waals surface area contributed by atoms with Crippen LogP contribution in [0, 0.1) is 0 Å². The largest absolute Gasteiger partial charge is 0.463 e. The van der Waals surface area contributed by atoms with Crippen molar-refractivity contribution in [1.29, 1.82) is 0 Å². The molecule has 0 radical (unpaired) electrons. The lowest BCUT2D eigenvalue weighted by molar-refractivity contribution is -0.138. The van der Waals surface area contributed by atoms with Crippen LogP contribution in [0.5, 0.6) is 0 Å². The van der Waals surface area contributed by atoms with Gasteiger partial charge in [-0.05, 0) is 39.7 Å². The summed E-state index contributed by atoms with van der Waals surface area (Å²) in [6, 6.07) is 10.6. The Hall–Kier alpha value is -1.61.